The summed E-state index contributed by atoms with van der Waals surface area (Å²) in [6.07, 6.45) is 1.68. The molecule has 1 aromatic heterocycles. The number of hydrogen-bond acceptors (Lipinski definition) is 4. The van der Waals surface area contributed by atoms with Gasteiger partial charge in [0.15, 0.2) is 0 Å². The van der Waals surface area contributed by atoms with Gasteiger partial charge in [-0.15, -0.1) is 0 Å². The van der Waals surface area contributed by atoms with Gasteiger partial charge in [0.1, 0.15) is 10.7 Å². The second-order valence-electron chi connectivity index (χ2n) is 5.58. The summed E-state index contributed by atoms with van der Waals surface area (Å²) in [4.78, 5) is 16.4. The van der Waals surface area contributed by atoms with Crippen LogP contribution in [0.3, 0.4) is 0 Å². The Hall–Kier alpha value is -2.08. The minimum atomic E-state index is -0.392. The molecule has 0 radical (unpaired) electrons. The summed E-state index contributed by atoms with van der Waals surface area (Å²) in [5.41, 5.74) is 9.61. The molecular weight excluding hydrogens is 358 g/mol. The van der Waals surface area contributed by atoms with Gasteiger partial charge in [0.05, 0.1) is 5.69 Å². The highest BCUT2D eigenvalue weighted by atomic mass is 79.9. The third-order valence-electron chi connectivity index (χ3n) is 3.88. The van der Waals surface area contributed by atoms with E-state index in [2.05, 4.69) is 26.2 Å². The Labute approximate surface area is 143 Å². The van der Waals surface area contributed by atoms with Crippen LogP contribution in [-0.4, -0.2) is 17.2 Å². The zero-order valence-electron chi connectivity index (χ0n) is 12.6. The Bertz CT molecular complexity index is 706. The molecular formula is C17H18BrN3O2. The molecule has 1 atom stereocenters. The van der Waals surface area contributed by atoms with Crippen LogP contribution in [0.5, 0.6) is 0 Å². The van der Waals surface area contributed by atoms with E-state index < -0.39 is 6.09 Å². The fourth-order valence-electron chi connectivity index (χ4n) is 2.68. The quantitative estimate of drug-likeness (QED) is 0.807. The second-order valence-corrected chi connectivity index (χ2v) is 6.33. The minimum Gasteiger partial charge on any atom is -0.446 e. The predicted molar refractivity (Wildman–Crippen MR) is 91.9 cm³/mol. The average molecular weight is 376 g/mol. The van der Waals surface area contributed by atoms with E-state index in [1.165, 1.54) is 0 Å². The van der Waals surface area contributed by atoms with Gasteiger partial charge < -0.3 is 15.8 Å². The predicted octanol–water partition coefficient (Wildman–Crippen LogP) is 3.21. The van der Waals surface area contributed by atoms with Crippen LogP contribution in [0.1, 0.15) is 23.2 Å². The number of nitrogens with zero attached hydrogens (tertiary/aromatic N) is 1. The molecule has 1 unspecified atom stereocenters. The molecule has 1 aromatic carbocycles. The Morgan fingerprint density at radius 2 is 2.17 bits per heavy atom. The summed E-state index contributed by atoms with van der Waals surface area (Å²) >= 11 is 3.34. The number of pyridine rings is 1. The van der Waals surface area contributed by atoms with Crippen molar-refractivity contribution in [1.29, 1.82) is 0 Å². The van der Waals surface area contributed by atoms with Crippen LogP contribution >= 0.6 is 15.9 Å². The van der Waals surface area contributed by atoms with Crippen LogP contribution in [0.4, 0.5) is 10.5 Å². The zero-order valence-corrected chi connectivity index (χ0v) is 14.2. The number of rotatable bonds is 3. The molecule has 1 aliphatic carbocycles. The van der Waals surface area contributed by atoms with Gasteiger partial charge in [-0.1, -0.05) is 30.3 Å². The maximum atomic E-state index is 11.9. The molecule has 120 valence electrons. The fourth-order valence-corrected chi connectivity index (χ4v) is 3.01. The first-order valence-corrected chi connectivity index (χ1v) is 8.33. The summed E-state index contributed by atoms with van der Waals surface area (Å²) < 4.78 is 6.15. The molecule has 0 fully saturated rings. The number of carbonyl (C=O) groups excluding carboxylic acids is 1. The molecule has 1 aliphatic rings. The number of amides is 1. The number of aromatic nitrogens is 1. The van der Waals surface area contributed by atoms with Crippen LogP contribution in [0.2, 0.25) is 0 Å². The highest BCUT2D eigenvalue weighted by Crippen LogP contribution is 2.27. The van der Waals surface area contributed by atoms with Crippen LogP contribution < -0.4 is 11.1 Å². The monoisotopic (exact) mass is 375 g/mol. The van der Waals surface area contributed by atoms with E-state index in [1.54, 1.807) is 0 Å². The van der Waals surface area contributed by atoms with Crippen molar-refractivity contribution in [3.63, 3.8) is 0 Å². The summed E-state index contributed by atoms with van der Waals surface area (Å²) in [5.74, 6) is 0. The van der Waals surface area contributed by atoms with E-state index in [0.29, 0.717) is 23.3 Å². The van der Waals surface area contributed by atoms with Crippen LogP contribution in [-0.2, 0) is 24.1 Å². The Morgan fingerprint density at radius 1 is 1.39 bits per heavy atom. The summed E-state index contributed by atoms with van der Waals surface area (Å²) in [7, 11) is 0. The molecule has 0 bridgehead atoms. The smallest absolute Gasteiger partial charge is 0.407 e. The molecule has 2 aromatic rings. The summed E-state index contributed by atoms with van der Waals surface area (Å²) in [6.45, 7) is 0.462. The Balaban J connectivity index is 1.55. The lowest BCUT2D eigenvalue weighted by Gasteiger charge is -2.24. The maximum absolute atomic E-state index is 11.9. The molecule has 5 nitrogen and oxygen atoms in total. The molecule has 23 heavy (non-hydrogen) atoms. The number of fused-ring (bicyclic) bond motifs is 1. The molecule has 0 saturated heterocycles. The van der Waals surface area contributed by atoms with E-state index in [4.69, 9.17) is 10.5 Å². The summed E-state index contributed by atoms with van der Waals surface area (Å²) in [5, 5.41) is 2.78. The van der Waals surface area contributed by atoms with Crippen LogP contribution in [0.25, 0.3) is 0 Å². The van der Waals surface area contributed by atoms with Crippen molar-refractivity contribution in [1.82, 2.24) is 10.3 Å². The molecule has 3 N–H and O–H groups in total. The molecule has 0 spiro atoms. The number of halogens is 1. The van der Waals surface area contributed by atoms with Gasteiger partial charge in [-0.25, -0.2) is 9.78 Å². The number of carbonyl (C=O) groups is 1. The normalized spacial score (nSPS) is 16.5. The van der Waals surface area contributed by atoms with E-state index in [9.17, 15) is 4.79 Å². The lowest BCUT2D eigenvalue weighted by atomic mass is 9.93. The average Bonchev–Trinajstić information content (AvgIpc) is 2.55. The third-order valence-corrected chi connectivity index (χ3v) is 4.52. The van der Waals surface area contributed by atoms with Gasteiger partial charge in [-0.05, 0) is 46.0 Å². The van der Waals surface area contributed by atoms with Crippen LogP contribution in [0.15, 0.2) is 41.0 Å². The molecule has 1 heterocycles. The first kappa shape index (κ1) is 15.8. The number of anilines is 1. The third kappa shape index (κ3) is 4.01. The van der Waals surface area contributed by atoms with Gasteiger partial charge in [0.2, 0.25) is 0 Å². The minimum absolute atomic E-state index is 0.152. The van der Waals surface area contributed by atoms with Crippen LogP contribution in [0, 0.1) is 0 Å². The van der Waals surface area contributed by atoms with Crippen molar-refractivity contribution < 1.29 is 9.53 Å². The SMILES string of the molecule is Nc1cc2c(nc1Br)CC(OC(=O)NCc1ccccc1)CC2. The van der Waals surface area contributed by atoms with Gasteiger partial charge in [0, 0.05) is 18.7 Å². The van der Waals surface area contributed by atoms with Gasteiger partial charge in [-0.3, -0.25) is 0 Å². The van der Waals surface area contributed by atoms with Crippen molar-refractivity contribution in [3.8, 4) is 0 Å². The number of nitrogen functional groups attached to an aromatic ring is 1. The van der Waals surface area contributed by atoms with E-state index >= 15 is 0 Å². The highest BCUT2D eigenvalue weighted by Gasteiger charge is 2.23. The molecule has 6 heteroatoms. The Morgan fingerprint density at radius 3 is 2.96 bits per heavy atom. The first-order chi connectivity index (χ1) is 11.1. The van der Waals surface area contributed by atoms with Crippen molar-refractivity contribution in [3.05, 3.63) is 57.8 Å². The first-order valence-electron chi connectivity index (χ1n) is 7.54. The second kappa shape index (κ2) is 7.00. The zero-order chi connectivity index (χ0) is 16.2. The van der Waals surface area contributed by atoms with E-state index in [1.807, 2.05) is 36.4 Å². The standard InChI is InChI=1S/C17H18BrN3O2/c18-16-14(19)8-12-6-7-13(9-15(12)21-16)23-17(22)20-10-11-4-2-1-3-5-11/h1-5,8,13H,6-7,9-10,19H2,(H,20,22). The van der Waals surface area contributed by atoms with Gasteiger partial charge in [-0.2, -0.15) is 0 Å². The molecule has 1 amide bonds. The largest absolute Gasteiger partial charge is 0.446 e. The van der Waals surface area contributed by atoms with Crippen molar-refractivity contribution in [2.24, 2.45) is 0 Å². The maximum Gasteiger partial charge on any atom is 0.407 e. The Kier molecular flexibility index (Phi) is 4.81. The van der Waals surface area contributed by atoms with Crippen molar-refractivity contribution in [2.75, 3.05) is 5.73 Å². The number of nitrogens with two attached hydrogens (primary N) is 1. The topological polar surface area (TPSA) is 77.2 Å². The van der Waals surface area contributed by atoms with Gasteiger partial charge >= 0.3 is 6.09 Å². The van der Waals surface area contributed by atoms with E-state index in [-0.39, 0.29) is 6.10 Å². The molecule has 0 aliphatic heterocycles. The number of aryl methyl sites for hydroxylation is 1. The van der Waals surface area contributed by atoms with Gasteiger partial charge in [0.25, 0.3) is 0 Å². The van der Waals surface area contributed by atoms with E-state index in [0.717, 1.165) is 29.7 Å². The van der Waals surface area contributed by atoms with Crippen molar-refractivity contribution >= 4 is 27.7 Å². The molecule has 0 saturated carbocycles. The lowest BCUT2D eigenvalue weighted by Crippen LogP contribution is -2.32. The number of nitrogens with one attached hydrogen (secondary N) is 1. The van der Waals surface area contributed by atoms with Crippen molar-refractivity contribution in [2.45, 2.75) is 31.9 Å². The molecule has 3 rings (SSSR count). The fraction of sp³-hybridized carbons (Fsp3) is 0.294. The number of alkyl carbamates (subject to hydrolysis) is 1. The lowest BCUT2D eigenvalue weighted by molar-refractivity contribution is 0.0884. The number of hydrogen-bond donors (Lipinski definition) is 2. The summed E-state index contributed by atoms with van der Waals surface area (Å²) in [6, 6.07) is 11.7. The number of benzene rings is 1. The highest BCUT2D eigenvalue weighted by molar-refractivity contribution is 9.10. The number of ether oxygens (including phenoxy) is 1.